The van der Waals surface area contributed by atoms with Gasteiger partial charge in [0.1, 0.15) is 5.75 Å². The number of benzene rings is 1. The van der Waals surface area contributed by atoms with Gasteiger partial charge in [-0.25, -0.2) is 0 Å². The van der Waals surface area contributed by atoms with Gasteiger partial charge >= 0.3 is 0 Å². The molecule has 16 heavy (non-hydrogen) atoms. The molecule has 3 heteroatoms. The first-order valence-corrected chi connectivity index (χ1v) is 6.49. The van der Waals surface area contributed by atoms with E-state index in [9.17, 15) is 0 Å². The van der Waals surface area contributed by atoms with Gasteiger partial charge in [-0.3, -0.25) is 0 Å². The first-order valence-electron chi connectivity index (χ1n) is 5.70. The van der Waals surface area contributed by atoms with Crippen molar-refractivity contribution < 1.29 is 4.74 Å². The van der Waals surface area contributed by atoms with Crippen molar-refractivity contribution in [2.24, 2.45) is 5.73 Å². The monoisotopic (exact) mass is 283 g/mol. The summed E-state index contributed by atoms with van der Waals surface area (Å²) in [5.41, 5.74) is 8.70. The van der Waals surface area contributed by atoms with Crippen molar-refractivity contribution in [1.82, 2.24) is 0 Å². The molecule has 1 saturated carbocycles. The van der Waals surface area contributed by atoms with E-state index in [-0.39, 0.29) is 5.54 Å². The van der Waals surface area contributed by atoms with Crippen LogP contribution in [-0.2, 0) is 5.54 Å². The predicted molar refractivity (Wildman–Crippen MR) is 69.8 cm³/mol. The highest BCUT2D eigenvalue weighted by Gasteiger charge is 2.33. The lowest BCUT2D eigenvalue weighted by Gasteiger charge is -2.26. The molecule has 2 rings (SSSR count). The molecule has 1 aliphatic rings. The minimum Gasteiger partial charge on any atom is -0.497 e. The normalized spacial score (nSPS) is 18.8. The van der Waals surface area contributed by atoms with Crippen LogP contribution in [0.25, 0.3) is 0 Å². The van der Waals surface area contributed by atoms with Crippen LogP contribution in [0.4, 0.5) is 0 Å². The number of aryl methyl sites for hydroxylation is 1. The SMILES string of the molecule is COc1cc(C)c(Br)c(C2(N)CCCC2)c1. The van der Waals surface area contributed by atoms with Gasteiger partial charge in [-0.2, -0.15) is 0 Å². The zero-order valence-corrected chi connectivity index (χ0v) is 11.4. The fourth-order valence-electron chi connectivity index (χ4n) is 2.49. The minimum absolute atomic E-state index is 0.169. The van der Waals surface area contributed by atoms with Crippen molar-refractivity contribution in [1.29, 1.82) is 0 Å². The van der Waals surface area contributed by atoms with Gasteiger partial charge in [-0.15, -0.1) is 0 Å². The number of rotatable bonds is 2. The van der Waals surface area contributed by atoms with E-state index < -0.39 is 0 Å². The minimum atomic E-state index is -0.169. The zero-order chi connectivity index (χ0) is 11.8. The van der Waals surface area contributed by atoms with Gasteiger partial charge in [0.2, 0.25) is 0 Å². The van der Waals surface area contributed by atoms with Crippen LogP contribution >= 0.6 is 15.9 Å². The van der Waals surface area contributed by atoms with E-state index in [1.807, 2.05) is 6.07 Å². The Morgan fingerprint density at radius 2 is 1.94 bits per heavy atom. The lowest BCUT2D eigenvalue weighted by Crippen LogP contribution is -2.33. The van der Waals surface area contributed by atoms with Gasteiger partial charge in [0.15, 0.2) is 0 Å². The summed E-state index contributed by atoms with van der Waals surface area (Å²) in [6.45, 7) is 2.08. The molecular weight excluding hydrogens is 266 g/mol. The van der Waals surface area contributed by atoms with Crippen molar-refractivity contribution in [2.75, 3.05) is 7.11 Å². The summed E-state index contributed by atoms with van der Waals surface area (Å²) in [6.07, 6.45) is 4.58. The average molecular weight is 284 g/mol. The second-order valence-electron chi connectivity index (χ2n) is 4.67. The summed E-state index contributed by atoms with van der Waals surface area (Å²) in [5.74, 6) is 0.896. The van der Waals surface area contributed by atoms with Crippen molar-refractivity contribution in [3.8, 4) is 5.75 Å². The molecule has 88 valence electrons. The molecule has 1 fully saturated rings. The van der Waals surface area contributed by atoms with Crippen LogP contribution in [0.1, 0.15) is 36.8 Å². The Hall–Kier alpha value is -0.540. The molecule has 0 spiro atoms. The third-order valence-corrected chi connectivity index (χ3v) is 4.55. The molecule has 0 atom stereocenters. The van der Waals surface area contributed by atoms with E-state index in [0.29, 0.717) is 0 Å². The largest absolute Gasteiger partial charge is 0.497 e. The van der Waals surface area contributed by atoms with Crippen molar-refractivity contribution in [3.05, 3.63) is 27.7 Å². The number of hydrogen-bond donors (Lipinski definition) is 1. The average Bonchev–Trinajstić information content (AvgIpc) is 2.70. The molecule has 1 aromatic rings. The molecule has 0 heterocycles. The fraction of sp³-hybridized carbons (Fsp3) is 0.538. The molecule has 0 bridgehead atoms. The van der Waals surface area contributed by atoms with Crippen molar-refractivity contribution in [2.45, 2.75) is 38.1 Å². The molecule has 0 saturated heterocycles. The molecule has 0 aliphatic heterocycles. The van der Waals surface area contributed by atoms with E-state index in [2.05, 4.69) is 28.9 Å². The molecule has 0 aromatic heterocycles. The lowest BCUT2D eigenvalue weighted by atomic mass is 9.88. The maximum Gasteiger partial charge on any atom is 0.119 e. The van der Waals surface area contributed by atoms with Gasteiger partial charge in [0, 0.05) is 10.0 Å². The van der Waals surface area contributed by atoms with Crippen molar-refractivity contribution in [3.63, 3.8) is 0 Å². The van der Waals surface area contributed by atoms with Crippen LogP contribution in [0.15, 0.2) is 16.6 Å². The number of methoxy groups -OCH3 is 1. The van der Waals surface area contributed by atoms with E-state index in [1.165, 1.54) is 24.0 Å². The van der Waals surface area contributed by atoms with Crippen LogP contribution in [0, 0.1) is 6.92 Å². The molecule has 0 amide bonds. The highest BCUT2D eigenvalue weighted by molar-refractivity contribution is 9.10. The van der Waals surface area contributed by atoms with Crippen LogP contribution < -0.4 is 10.5 Å². The Bertz CT molecular complexity index is 397. The summed E-state index contributed by atoms with van der Waals surface area (Å²) in [7, 11) is 1.70. The number of nitrogens with two attached hydrogens (primary N) is 1. The predicted octanol–water partition coefficient (Wildman–Crippen LogP) is 3.49. The highest BCUT2D eigenvalue weighted by atomic mass is 79.9. The molecular formula is C13H18BrNO. The molecule has 0 unspecified atom stereocenters. The highest BCUT2D eigenvalue weighted by Crippen LogP contribution is 2.42. The Morgan fingerprint density at radius 3 is 2.50 bits per heavy atom. The Balaban J connectivity index is 2.50. The third-order valence-electron chi connectivity index (χ3n) is 3.50. The molecule has 2 N–H and O–H groups in total. The number of halogens is 1. The van der Waals surface area contributed by atoms with Gasteiger partial charge in [-0.05, 0) is 43.0 Å². The number of ether oxygens (including phenoxy) is 1. The van der Waals surface area contributed by atoms with Crippen LogP contribution in [0.3, 0.4) is 0 Å². The quantitative estimate of drug-likeness (QED) is 0.902. The lowest BCUT2D eigenvalue weighted by molar-refractivity contribution is 0.407. The molecule has 0 radical (unpaired) electrons. The maximum absolute atomic E-state index is 6.49. The fourth-order valence-corrected chi connectivity index (χ4v) is 3.12. The number of hydrogen-bond acceptors (Lipinski definition) is 2. The Kier molecular flexibility index (Phi) is 3.27. The van der Waals surface area contributed by atoms with Gasteiger partial charge in [-0.1, -0.05) is 28.8 Å². The summed E-state index contributed by atoms with van der Waals surface area (Å²) >= 11 is 3.65. The first-order chi connectivity index (χ1) is 7.57. The topological polar surface area (TPSA) is 35.2 Å². The molecule has 1 aromatic carbocycles. The van der Waals surface area contributed by atoms with Crippen LogP contribution in [0.2, 0.25) is 0 Å². The van der Waals surface area contributed by atoms with E-state index >= 15 is 0 Å². The third kappa shape index (κ3) is 1.98. The Labute approximate surface area is 105 Å². The first kappa shape index (κ1) is 11.9. The Morgan fingerprint density at radius 1 is 1.31 bits per heavy atom. The molecule has 2 nitrogen and oxygen atoms in total. The smallest absolute Gasteiger partial charge is 0.119 e. The van der Waals surface area contributed by atoms with Gasteiger partial charge in [0.25, 0.3) is 0 Å². The summed E-state index contributed by atoms with van der Waals surface area (Å²) in [6, 6.07) is 4.11. The summed E-state index contributed by atoms with van der Waals surface area (Å²) in [5, 5.41) is 0. The summed E-state index contributed by atoms with van der Waals surface area (Å²) < 4.78 is 6.46. The van der Waals surface area contributed by atoms with E-state index in [4.69, 9.17) is 10.5 Å². The standard InChI is InChI=1S/C13H18BrNO/c1-9-7-10(16-2)8-11(12(9)14)13(15)5-3-4-6-13/h7-8H,3-6,15H2,1-2H3. The van der Waals surface area contributed by atoms with Crippen LogP contribution in [-0.4, -0.2) is 7.11 Å². The maximum atomic E-state index is 6.49. The summed E-state index contributed by atoms with van der Waals surface area (Å²) in [4.78, 5) is 0. The van der Waals surface area contributed by atoms with Gasteiger partial charge in [0.05, 0.1) is 7.11 Å². The zero-order valence-electron chi connectivity index (χ0n) is 9.85. The van der Waals surface area contributed by atoms with E-state index in [1.54, 1.807) is 7.11 Å². The van der Waals surface area contributed by atoms with Gasteiger partial charge < -0.3 is 10.5 Å². The molecule has 1 aliphatic carbocycles. The second-order valence-corrected chi connectivity index (χ2v) is 5.46. The second kappa shape index (κ2) is 4.38. The van der Waals surface area contributed by atoms with Crippen LogP contribution in [0.5, 0.6) is 5.75 Å². The van der Waals surface area contributed by atoms with E-state index in [0.717, 1.165) is 23.1 Å². The van der Waals surface area contributed by atoms with Crippen molar-refractivity contribution >= 4 is 15.9 Å².